The molecule has 2 aromatic rings. The molecule has 3 rings (SSSR count). The molecule has 0 radical (unpaired) electrons. The third kappa shape index (κ3) is 4.93. The van der Waals surface area contributed by atoms with Crippen LogP contribution in [-0.2, 0) is 16.0 Å². The van der Waals surface area contributed by atoms with E-state index in [1.165, 1.54) is 6.07 Å². The summed E-state index contributed by atoms with van der Waals surface area (Å²) in [4.78, 5) is 32.9. The lowest BCUT2D eigenvalue weighted by molar-refractivity contribution is -0.130. The van der Waals surface area contributed by atoms with Gasteiger partial charge in [0.15, 0.2) is 0 Å². The van der Waals surface area contributed by atoms with E-state index in [0.717, 1.165) is 5.56 Å². The van der Waals surface area contributed by atoms with E-state index in [0.29, 0.717) is 44.1 Å². The predicted molar refractivity (Wildman–Crippen MR) is 110 cm³/mol. The van der Waals surface area contributed by atoms with Gasteiger partial charge in [0, 0.05) is 26.2 Å². The van der Waals surface area contributed by atoms with Gasteiger partial charge in [0.2, 0.25) is 5.91 Å². The highest BCUT2D eigenvalue weighted by Gasteiger charge is 2.25. The highest BCUT2D eigenvalue weighted by atomic mass is 16.5. The van der Waals surface area contributed by atoms with Gasteiger partial charge in [-0.2, -0.15) is 5.26 Å². The smallest absolute Gasteiger partial charge is 0.340 e. The fraction of sp³-hybridized carbons (Fsp3) is 0.364. The molecule has 8 heteroatoms. The Balaban J connectivity index is 1.67. The minimum Gasteiger partial charge on any atom is -0.460 e. The van der Waals surface area contributed by atoms with Gasteiger partial charge in [-0.1, -0.05) is 30.3 Å². The molecular weight excluding hydrogens is 384 g/mol. The summed E-state index contributed by atoms with van der Waals surface area (Å²) in [6.45, 7) is 3.48. The standard InChI is InChI=1S/C22H24N4O4/c1-16-19(22(29)30-12-11-27)14-18(15-23)21(24-16)26-9-7-25(8-10-26)20(28)13-17-5-3-2-4-6-17/h2-6,14,27H,7-13H2,1H3. The Hall–Kier alpha value is -3.44. The third-order valence-corrected chi connectivity index (χ3v) is 4.99. The van der Waals surface area contributed by atoms with Gasteiger partial charge in [-0.15, -0.1) is 0 Å². The Morgan fingerprint density at radius 2 is 1.90 bits per heavy atom. The monoisotopic (exact) mass is 408 g/mol. The summed E-state index contributed by atoms with van der Waals surface area (Å²) in [6, 6.07) is 13.2. The first kappa shape index (κ1) is 21.3. The van der Waals surface area contributed by atoms with Gasteiger partial charge in [-0.3, -0.25) is 4.79 Å². The summed E-state index contributed by atoms with van der Waals surface area (Å²) in [5.74, 6) is -0.0373. The number of nitrogens with zero attached hydrogens (tertiary/aromatic N) is 4. The van der Waals surface area contributed by atoms with Crippen molar-refractivity contribution >= 4 is 17.7 Å². The number of aliphatic hydroxyl groups is 1. The first-order valence-corrected chi connectivity index (χ1v) is 9.80. The molecule has 1 aliphatic rings. The van der Waals surface area contributed by atoms with Crippen LogP contribution in [0.5, 0.6) is 0 Å². The van der Waals surface area contributed by atoms with E-state index in [1.54, 1.807) is 6.92 Å². The Morgan fingerprint density at radius 1 is 1.20 bits per heavy atom. The van der Waals surface area contributed by atoms with Gasteiger partial charge >= 0.3 is 5.97 Å². The number of piperazine rings is 1. The molecule has 0 spiro atoms. The maximum Gasteiger partial charge on any atom is 0.340 e. The first-order chi connectivity index (χ1) is 14.5. The van der Waals surface area contributed by atoms with Gasteiger partial charge < -0.3 is 19.6 Å². The number of aliphatic hydroxyl groups excluding tert-OH is 1. The van der Waals surface area contributed by atoms with Crippen LogP contribution in [0, 0.1) is 18.3 Å². The zero-order valence-electron chi connectivity index (χ0n) is 16.9. The van der Waals surface area contributed by atoms with Crippen LogP contribution in [0.4, 0.5) is 5.82 Å². The maximum atomic E-state index is 12.6. The van der Waals surface area contributed by atoms with Crippen molar-refractivity contribution < 1.29 is 19.4 Å². The molecule has 0 aliphatic carbocycles. The largest absolute Gasteiger partial charge is 0.460 e. The second-order valence-electron chi connectivity index (χ2n) is 6.99. The van der Waals surface area contributed by atoms with Crippen LogP contribution < -0.4 is 4.90 Å². The summed E-state index contributed by atoms with van der Waals surface area (Å²) in [6.07, 6.45) is 0.367. The second kappa shape index (κ2) is 9.85. The number of anilines is 1. The molecule has 30 heavy (non-hydrogen) atoms. The lowest BCUT2D eigenvalue weighted by Crippen LogP contribution is -2.49. The molecule has 0 atom stereocenters. The summed E-state index contributed by atoms with van der Waals surface area (Å²) < 4.78 is 4.94. The van der Waals surface area contributed by atoms with Gasteiger partial charge in [-0.25, -0.2) is 9.78 Å². The Labute approximate surface area is 175 Å². The Bertz CT molecular complexity index is 948. The number of aromatic nitrogens is 1. The van der Waals surface area contributed by atoms with Crippen LogP contribution >= 0.6 is 0 Å². The average molecular weight is 408 g/mol. The molecule has 8 nitrogen and oxygen atoms in total. The minimum absolute atomic E-state index is 0.0764. The quantitative estimate of drug-likeness (QED) is 0.718. The van der Waals surface area contributed by atoms with Gasteiger partial charge in [0.05, 0.1) is 29.8 Å². The maximum absolute atomic E-state index is 12.6. The molecule has 1 aromatic heterocycles. The zero-order chi connectivity index (χ0) is 21.5. The first-order valence-electron chi connectivity index (χ1n) is 9.80. The Morgan fingerprint density at radius 3 is 2.53 bits per heavy atom. The zero-order valence-corrected chi connectivity index (χ0v) is 16.9. The van der Waals surface area contributed by atoms with Crippen molar-refractivity contribution in [2.45, 2.75) is 13.3 Å². The average Bonchev–Trinajstić information content (AvgIpc) is 2.78. The Kier molecular flexibility index (Phi) is 6.99. The van der Waals surface area contributed by atoms with Crippen molar-refractivity contribution in [3.8, 4) is 6.07 Å². The fourth-order valence-corrected chi connectivity index (χ4v) is 3.39. The summed E-state index contributed by atoms with van der Waals surface area (Å²) in [5.41, 5.74) is 1.92. The van der Waals surface area contributed by atoms with Crippen molar-refractivity contribution in [2.24, 2.45) is 0 Å². The number of pyridine rings is 1. The van der Waals surface area contributed by atoms with E-state index >= 15 is 0 Å². The number of ether oxygens (including phenoxy) is 1. The SMILES string of the molecule is Cc1nc(N2CCN(C(=O)Cc3ccccc3)CC2)c(C#N)cc1C(=O)OCCO. The molecular formula is C22H24N4O4. The molecule has 1 aromatic carbocycles. The predicted octanol–water partition coefficient (Wildman–Crippen LogP) is 1.30. The molecule has 1 fully saturated rings. The summed E-state index contributed by atoms with van der Waals surface area (Å²) in [7, 11) is 0. The van der Waals surface area contributed by atoms with Gasteiger partial charge in [-0.05, 0) is 18.6 Å². The number of hydrogen-bond acceptors (Lipinski definition) is 7. The highest BCUT2D eigenvalue weighted by molar-refractivity contribution is 5.91. The van der Waals surface area contributed by atoms with E-state index in [4.69, 9.17) is 9.84 Å². The van der Waals surface area contributed by atoms with Crippen LogP contribution in [-0.4, -0.2) is 66.3 Å². The van der Waals surface area contributed by atoms with E-state index in [1.807, 2.05) is 40.1 Å². The molecule has 1 N–H and O–H groups in total. The highest BCUT2D eigenvalue weighted by Crippen LogP contribution is 2.23. The van der Waals surface area contributed by atoms with E-state index < -0.39 is 5.97 Å². The number of rotatable bonds is 6. The van der Waals surface area contributed by atoms with Crippen LogP contribution in [0.3, 0.4) is 0 Å². The lowest BCUT2D eigenvalue weighted by atomic mass is 10.1. The molecule has 0 bridgehead atoms. The van der Waals surface area contributed by atoms with Crippen LogP contribution in [0.1, 0.15) is 27.2 Å². The molecule has 2 heterocycles. The van der Waals surface area contributed by atoms with Crippen LogP contribution in [0.2, 0.25) is 0 Å². The number of carbonyl (C=O) groups excluding carboxylic acids is 2. The van der Waals surface area contributed by atoms with Crippen LogP contribution in [0.25, 0.3) is 0 Å². The topological polar surface area (TPSA) is 107 Å². The number of esters is 1. The number of aryl methyl sites for hydroxylation is 1. The number of carbonyl (C=O) groups is 2. The van der Waals surface area contributed by atoms with Crippen molar-refractivity contribution in [1.82, 2.24) is 9.88 Å². The van der Waals surface area contributed by atoms with Crippen molar-refractivity contribution in [1.29, 1.82) is 5.26 Å². The van der Waals surface area contributed by atoms with E-state index in [9.17, 15) is 14.9 Å². The van der Waals surface area contributed by atoms with Crippen molar-refractivity contribution in [3.05, 3.63) is 58.8 Å². The molecule has 1 saturated heterocycles. The van der Waals surface area contributed by atoms with E-state index in [-0.39, 0.29) is 30.2 Å². The minimum atomic E-state index is -0.617. The molecule has 0 unspecified atom stereocenters. The summed E-state index contributed by atoms with van der Waals surface area (Å²) >= 11 is 0. The number of hydrogen-bond donors (Lipinski definition) is 1. The fourth-order valence-electron chi connectivity index (χ4n) is 3.39. The summed E-state index contributed by atoms with van der Waals surface area (Å²) in [5, 5.41) is 18.4. The molecule has 156 valence electrons. The second-order valence-corrected chi connectivity index (χ2v) is 6.99. The third-order valence-electron chi connectivity index (χ3n) is 4.99. The van der Waals surface area contributed by atoms with Crippen molar-refractivity contribution in [2.75, 3.05) is 44.3 Å². The molecule has 0 saturated carbocycles. The lowest BCUT2D eigenvalue weighted by Gasteiger charge is -2.36. The van der Waals surface area contributed by atoms with Crippen LogP contribution in [0.15, 0.2) is 36.4 Å². The van der Waals surface area contributed by atoms with E-state index in [2.05, 4.69) is 11.1 Å². The number of benzene rings is 1. The normalized spacial score (nSPS) is 13.6. The van der Waals surface area contributed by atoms with Gasteiger partial charge in [0.1, 0.15) is 18.5 Å². The van der Waals surface area contributed by atoms with Gasteiger partial charge in [0.25, 0.3) is 0 Å². The number of amides is 1. The number of nitriles is 1. The van der Waals surface area contributed by atoms with Crippen molar-refractivity contribution in [3.63, 3.8) is 0 Å². The molecule has 1 amide bonds. The molecule has 1 aliphatic heterocycles.